The molecular formula is C31H49ClFN7O4. The molecule has 246 valence electrons. The Labute approximate surface area is 265 Å². The van der Waals surface area contributed by atoms with E-state index in [0.29, 0.717) is 51.7 Å². The maximum absolute atomic E-state index is 15.9. The zero-order chi connectivity index (χ0) is 31.3. The second-order valence-corrected chi connectivity index (χ2v) is 14.5. The summed E-state index contributed by atoms with van der Waals surface area (Å²) in [7, 11) is 0. The maximum atomic E-state index is 15.9. The number of fused-ring (bicyclic) bond motifs is 5. The van der Waals surface area contributed by atoms with Gasteiger partial charge < -0.3 is 30.5 Å². The molecule has 12 atom stereocenters. The molecule has 0 aromatic rings. The Kier molecular flexibility index (Phi) is 9.46. The molecule has 11 unspecified atom stereocenters. The van der Waals surface area contributed by atoms with E-state index >= 15 is 4.39 Å². The molecule has 44 heavy (non-hydrogen) atoms. The molecule has 1 aliphatic carbocycles. The van der Waals surface area contributed by atoms with Crippen molar-refractivity contribution < 1.29 is 23.5 Å². The standard InChI is InChI=1S/C31H49ClFN7O4/c1-5-24(42)38-11-12-39(17(4)14-38)29-18-13-19(32)27-25-20(33)7-6-8-21(25)35-23(41)15-44-22-9-10-34-26(16(2)3)28(22)40(30(18)36-27)31(43)37-29/h5,16-22,25-30,34,36H,1,6-15H2,2-4H3,(H,35,41)(H,37,43)/t17-,18?,19?,20?,21?,22?,25?,26?,27?,28?,29?,30?/m1/s1. The number of hydrogen-bond donors (Lipinski definition) is 4. The molecule has 1 saturated carbocycles. The van der Waals surface area contributed by atoms with Gasteiger partial charge in [-0.3, -0.25) is 19.8 Å². The number of nitrogens with zero attached hydrogens (tertiary/aromatic N) is 3. The van der Waals surface area contributed by atoms with Crippen molar-refractivity contribution in [2.45, 2.75) is 113 Å². The maximum Gasteiger partial charge on any atom is 0.320 e. The Balaban J connectivity index is 1.39. The van der Waals surface area contributed by atoms with Crippen molar-refractivity contribution in [3.8, 4) is 0 Å². The van der Waals surface area contributed by atoms with Gasteiger partial charge in [0.25, 0.3) is 0 Å². The normalized spacial score (nSPS) is 43.5. The second-order valence-electron chi connectivity index (χ2n) is 14.0. The molecule has 5 saturated heterocycles. The van der Waals surface area contributed by atoms with Crippen LogP contribution in [0.1, 0.15) is 52.9 Å². The zero-order valence-corrected chi connectivity index (χ0v) is 26.8. The Hall–Kier alpha value is -1.99. The van der Waals surface area contributed by atoms with E-state index in [9.17, 15) is 14.4 Å². The minimum atomic E-state index is -1.13. The minimum absolute atomic E-state index is 0.00811. The number of hydrogen-bond acceptors (Lipinski definition) is 7. The molecule has 6 aliphatic rings. The second kappa shape index (κ2) is 13.0. The Morgan fingerprint density at radius 2 is 1.95 bits per heavy atom. The van der Waals surface area contributed by atoms with E-state index in [1.165, 1.54) is 6.08 Å². The Bertz CT molecular complexity index is 1120. The third-order valence-electron chi connectivity index (χ3n) is 11.1. The number of halogens is 2. The molecular weight excluding hydrogens is 589 g/mol. The molecule has 2 bridgehead atoms. The summed E-state index contributed by atoms with van der Waals surface area (Å²) < 4.78 is 22.2. The van der Waals surface area contributed by atoms with Gasteiger partial charge in [-0.25, -0.2) is 9.18 Å². The van der Waals surface area contributed by atoms with Crippen LogP contribution in [0.25, 0.3) is 0 Å². The fraction of sp³-hybridized carbons (Fsp3) is 0.839. The monoisotopic (exact) mass is 637 g/mol. The number of rotatable bonds is 3. The van der Waals surface area contributed by atoms with Crippen LogP contribution < -0.4 is 21.3 Å². The van der Waals surface area contributed by atoms with Crippen LogP contribution in [-0.2, 0) is 14.3 Å². The average Bonchev–Trinajstić information content (AvgIpc) is 2.99. The Morgan fingerprint density at radius 1 is 1.16 bits per heavy atom. The van der Waals surface area contributed by atoms with Crippen molar-refractivity contribution in [3.63, 3.8) is 0 Å². The van der Waals surface area contributed by atoms with Gasteiger partial charge in [-0.05, 0) is 57.6 Å². The number of carbonyl (C=O) groups excluding carboxylic acids is 3. The minimum Gasteiger partial charge on any atom is -0.366 e. The number of carbonyl (C=O) groups is 3. The van der Waals surface area contributed by atoms with Crippen molar-refractivity contribution in [2.24, 2.45) is 17.8 Å². The number of amides is 4. The summed E-state index contributed by atoms with van der Waals surface area (Å²) in [5.41, 5.74) is 0. The molecule has 0 radical (unpaired) electrons. The quantitative estimate of drug-likeness (QED) is 0.273. The largest absolute Gasteiger partial charge is 0.366 e. The molecule has 6 fully saturated rings. The molecule has 5 aliphatic heterocycles. The van der Waals surface area contributed by atoms with E-state index in [1.54, 1.807) is 4.90 Å². The summed E-state index contributed by atoms with van der Waals surface area (Å²) in [6, 6.07) is -1.44. The smallest absolute Gasteiger partial charge is 0.320 e. The van der Waals surface area contributed by atoms with E-state index in [4.69, 9.17) is 16.3 Å². The van der Waals surface area contributed by atoms with E-state index in [0.717, 1.165) is 6.54 Å². The fourth-order valence-electron chi connectivity index (χ4n) is 9.02. The number of ether oxygens (including phenoxy) is 1. The van der Waals surface area contributed by atoms with Crippen LogP contribution in [0, 0.1) is 17.8 Å². The predicted molar refractivity (Wildman–Crippen MR) is 165 cm³/mol. The van der Waals surface area contributed by atoms with Crippen molar-refractivity contribution >= 4 is 29.4 Å². The first-order chi connectivity index (χ1) is 21.1. The molecule has 0 aromatic heterocycles. The molecule has 0 aromatic carbocycles. The number of piperidine rings is 2. The van der Waals surface area contributed by atoms with Crippen LogP contribution in [0.4, 0.5) is 9.18 Å². The lowest BCUT2D eigenvalue weighted by Gasteiger charge is -2.60. The van der Waals surface area contributed by atoms with Crippen LogP contribution in [0.2, 0.25) is 0 Å². The van der Waals surface area contributed by atoms with Gasteiger partial charge in [-0.15, -0.1) is 11.6 Å². The van der Waals surface area contributed by atoms with Gasteiger partial charge in [0.15, 0.2) is 0 Å². The fourth-order valence-corrected chi connectivity index (χ4v) is 9.47. The van der Waals surface area contributed by atoms with Crippen molar-refractivity contribution in [2.75, 3.05) is 32.8 Å². The first-order valence-corrected chi connectivity index (χ1v) is 17.0. The summed E-state index contributed by atoms with van der Waals surface area (Å²) in [5.74, 6) is -0.789. The average molecular weight is 638 g/mol. The van der Waals surface area contributed by atoms with E-state index < -0.39 is 29.7 Å². The van der Waals surface area contributed by atoms with Gasteiger partial charge >= 0.3 is 6.03 Å². The predicted octanol–water partition coefficient (Wildman–Crippen LogP) is 1.38. The van der Waals surface area contributed by atoms with Crippen molar-refractivity contribution in [3.05, 3.63) is 12.7 Å². The lowest BCUT2D eigenvalue weighted by Crippen LogP contribution is -2.80. The highest BCUT2D eigenvalue weighted by Crippen LogP contribution is 2.42. The van der Waals surface area contributed by atoms with Crippen LogP contribution in [0.15, 0.2) is 12.7 Å². The molecule has 4 amide bonds. The summed E-state index contributed by atoms with van der Waals surface area (Å²) in [6.45, 7) is 12.2. The van der Waals surface area contributed by atoms with Crippen LogP contribution in [-0.4, -0.2) is 126 Å². The molecule has 6 rings (SSSR count). The molecule has 13 heteroatoms. The van der Waals surface area contributed by atoms with Gasteiger partial charge in [0.1, 0.15) is 12.8 Å². The van der Waals surface area contributed by atoms with Gasteiger partial charge in [0, 0.05) is 61.0 Å². The van der Waals surface area contributed by atoms with E-state index in [1.807, 2.05) is 4.90 Å². The third kappa shape index (κ3) is 5.85. The highest BCUT2D eigenvalue weighted by Gasteiger charge is 2.57. The highest BCUT2D eigenvalue weighted by molar-refractivity contribution is 6.21. The first kappa shape index (κ1) is 32.0. The van der Waals surface area contributed by atoms with E-state index in [2.05, 4.69) is 53.5 Å². The lowest BCUT2D eigenvalue weighted by atomic mass is 9.72. The molecule has 0 spiro atoms. The zero-order valence-electron chi connectivity index (χ0n) is 26.1. The highest BCUT2D eigenvalue weighted by atomic mass is 35.5. The lowest BCUT2D eigenvalue weighted by molar-refractivity contribution is -0.140. The molecule has 4 N–H and O–H groups in total. The van der Waals surface area contributed by atoms with Crippen molar-refractivity contribution in [1.82, 2.24) is 36.0 Å². The summed E-state index contributed by atoms with van der Waals surface area (Å²) in [6.07, 6.45) is 2.13. The topological polar surface area (TPSA) is 118 Å². The molecule has 5 heterocycles. The number of alkyl halides is 2. The Morgan fingerprint density at radius 3 is 2.68 bits per heavy atom. The first-order valence-electron chi connectivity index (χ1n) is 16.5. The van der Waals surface area contributed by atoms with Crippen LogP contribution in [0.3, 0.4) is 0 Å². The van der Waals surface area contributed by atoms with Gasteiger partial charge in [0.2, 0.25) is 11.8 Å². The van der Waals surface area contributed by atoms with Gasteiger partial charge in [-0.1, -0.05) is 20.4 Å². The SMILES string of the molecule is C=CC(=O)N1CCN(C2NC(=O)N3C4NC(C(Cl)CC42)C2C(F)CCCC2NC(=O)COC2CCNC(C(C)C)C23)[C@H](C)C1. The third-order valence-corrected chi connectivity index (χ3v) is 11.5. The van der Waals surface area contributed by atoms with Gasteiger partial charge in [-0.2, -0.15) is 0 Å². The van der Waals surface area contributed by atoms with Crippen LogP contribution >= 0.6 is 11.6 Å². The summed E-state index contributed by atoms with van der Waals surface area (Å²) in [5, 5.41) is 13.4. The summed E-state index contributed by atoms with van der Waals surface area (Å²) in [4.78, 5) is 45.9. The molecule has 11 nitrogen and oxygen atoms in total. The van der Waals surface area contributed by atoms with Crippen LogP contribution in [0.5, 0.6) is 0 Å². The summed E-state index contributed by atoms with van der Waals surface area (Å²) >= 11 is 7.23. The number of piperazine rings is 1. The number of urea groups is 1. The number of nitrogens with one attached hydrogen (secondary N) is 4. The van der Waals surface area contributed by atoms with Crippen molar-refractivity contribution in [1.29, 1.82) is 0 Å². The van der Waals surface area contributed by atoms with Gasteiger partial charge in [0.05, 0.1) is 24.5 Å². The van der Waals surface area contributed by atoms with E-state index in [-0.39, 0.29) is 72.7 Å².